The normalized spacial score (nSPS) is 22.6. The molecule has 0 radical (unpaired) electrons. The van der Waals surface area contributed by atoms with Crippen LogP contribution >= 0.6 is 0 Å². The highest BCUT2D eigenvalue weighted by Crippen LogP contribution is 2.38. The molecule has 6 heteroatoms. The lowest BCUT2D eigenvalue weighted by molar-refractivity contribution is -0.141. The molecule has 35 heavy (non-hydrogen) atoms. The lowest BCUT2D eigenvalue weighted by atomic mass is 9.91. The first-order chi connectivity index (χ1) is 17.1. The standard InChI is InChI=1S/C29H32O6/c1-2-17-33-25-16-10-9-15-24(25)26(30)27-28(34-19-23-13-7-4-8-14-23)29(31,21-35-27)20-32-18-22-11-5-3-6-12-22/h2-16,26-28,30-31H,1,17-21H2/t26-,27-,28?,29+/m1/s1. The molecule has 3 aromatic rings. The molecule has 0 spiro atoms. The third kappa shape index (κ3) is 6.36. The third-order valence-electron chi connectivity index (χ3n) is 6.00. The molecule has 6 nitrogen and oxygen atoms in total. The van der Waals surface area contributed by atoms with Gasteiger partial charge >= 0.3 is 0 Å². The van der Waals surface area contributed by atoms with Crippen molar-refractivity contribution in [3.63, 3.8) is 0 Å². The predicted molar refractivity (Wildman–Crippen MR) is 133 cm³/mol. The lowest BCUT2D eigenvalue weighted by Crippen LogP contribution is -2.50. The maximum Gasteiger partial charge on any atom is 0.140 e. The number of aliphatic hydroxyl groups excluding tert-OH is 1. The highest BCUT2D eigenvalue weighted by molar-refractivity contribution is 5.36. The van der Waals surface area contributed by atoms with E-state index in [1.165, 1.54) is 0 Å². The maximum atomic E-state index is 11.6. The van der Waals surface area contributed by atoms with Gasteiger partial charge in [-0.25, -0.2) is 0 Å². The molecule has 1 unspecified atom stereocenters. The van der Waals surface area contributed by atoms with Crippen molar-refractivity contribution in [2.24, 2.45) is 0 Å². The molecule has 1 aliphatic heterocycles. The summed E-state index contributed by atoms with van der Waals surface area (Å²) in [5, 5.41) is 22.9. The fraction of sp³-hybridized carbons (Fsp3) is 0.310. The van der Waals surface area contributed by atoms with Gasteiger partial charge in [0.25, 0.3) is 0 Å². The molecule has 4 atom stereocenters. The number of hydrogen-bond donors (Lipinski definition) is 2. The number of aliphatic hydroxyl groups is 2. The van der Waals surface area contributed by atoms with E-state index in [2.05, 4.69) is 6.58 Å². The molecular weight excluding hydrogens is 444 g/mol. The molecule has 0 aromatic heterocycles. The Labute approximate surface area is 206 Å². The summed E-state index contributed by atoms with van der Waals surface area (Å²) in [6.07, 6.45) is -1.09. The van der Waals surface area contributed by atoms with Crippen LogP contribution in [0.25, 0.3) is 0 Å². The van der Waals surface area contributed by atoms with Crippen LogP contribution in [0.2, 0.25) is 0 Å². The molecule has 2 N–H and O–H groups in total. The van der Waals surface area contributed by atoms with E-state index in [0.29, 0.717) is 24.5 Å². The monoisotopic (exact) mass is 476 g/mol. The van der Waals surface area contributed by atoms with Gasteiger partial charge < -0.3 is 29.2 Å². The van der Waals surface area contributed by atoms with E-state index in [4.69, 9.17) is 18.9 Å². The predicted octanol–water partition coefficient (Wildman–Crippen LogP) is 4.22. The quantitative estimate of drug-likeness (QED) is 0.381. The molecule has 1 saturated heterocycles. The Morgan fingerprint density at radius 2 is 1.57 bits per heavy atom. The van der Waals surface area contributed by atoms with Gasteiger partial charge in [-0.3, -0.25) is 0 Å². The largest absolute Gasteiger partial charge is 0.489 e. The summed E-state index contributed by atoms with van der Waals surface area (Å²) in [4.78, 5) is 0. The van der Waals surface area contributed by atoms with Crippen LogP contribution < -0.4 is 4.74 Å². The van der Waals surface area contributed by atoms with Crippen LogP contribution in [0.5, 0.6) is 5.75 Å². The van der Waals surface area contributed by atoms with Crippen LogP contribution in [-0.2, 0) is 27.4 Å². The molecule has 0 bridgehead atoms. The van der Waals surface area contributed by atoms with Gasteiger partial charge in [0.2, 0.25) is 0 Å². The van der Waals surface area contributed by atoms with E-state index in [1.54, 1.807) is 18.2 Å². The second kappa shape index (κ2) is 12.1. The van der Waals surface area contributed by atoms with Gasteiger partial charge in [0, 0.05) is 5.56 Å². The highest BCUT2D eigenvalue weighted by atomic mass is 16.6. The second-order valence-electron chi connectivity index (χ2n) is 8.66. The number of rotatable bonds is 12. The van der Waals surface area contributed by atoms with E-state index in [1.807, 2.05) is 72.8 Å². The lowest BCUT2D eigenvalue weighted by Gasteiger charge is -2.32. The van der Waals surface area contributed by atoms with Crippen molar-refractivity contribution >= 4 is 0 Å². The van der Waals surface area contributed by atoms with Crippen LogP contribution in [0.4, 0.5) is 0 Å². The highest BCUT2D eigenvalue weighted by Gasteiger charge is 2.53. The number of benzene rings is 3. The van der Waals surface area contributed by atoms with Crippen molar-refractivity contribution in [1.82, 2.24) is 0 Å². The molecular formula is C29H32O6. The van der Waals surface area contributed by atoms with Crippen molar-refractivity contribution in [1.29, 1.82) is 0 Å². The average molecular weight is 477 g/mol. The average Bonchev–Trinajstić information content (AvgIpc) is 3.23. The Morgan fingerprint density at radius 3 is 2.26 bits per heavy atom. The molecule has 1 aliphatic rings. The summed E-state index contributed by atoms with van der Waals surface area (Å²) in [6.45, 7) is 4.56. The van der Waals surface area contributed by atoms with Crippen molar-refractivity contribution in [3.05, 3.63) is 114 Å². The first-order valence-electron chi connectivity index (χ1n) is 11.7. The molecule has 0 amide bonds. The third-order valence-corrected chi connectivity index (χ3v) is 6.00. The summed E-state index contributed by atoms with van der Waals surface area (Å²) in [6, 6.07) is 26.7. The van der Waals surface area contributed by atoms with Gasteiger partial charge in [-0.1, -0.05) is 91.5 Å². The molecule has 1 fully saturated rings. The number of ether oxygens (including phenoxy) is 4. The fourth-order valence-corrected chi connectivity index (χ4v) is 4.21. The van der Waals surface area contributed by atoms with E-state index in [9.17, 15) is 10.2 Å². The van der Waals surface area contributed by atoms with E-state index >= 15 is 0 Å². The van der Waals surface area contributed by atoms with Crippen LogP contribution in [-0.4, -0.2) is 47.8 Å². The SMILES string of the molecule is C=CCOc1ccccc1[C@@H](O)[C@H]1OC[C@@](O)(COCc2ccccc2)C1OCc1ccccc1. The summed E-state index contributed by atoms with van der Waals surface area (Å²) in [7, 11) is 0. The topological polar surface area (TPSA) is 77.4 Å². The zero-order chi connectivity index (χ0) is 24.5. The zero-order valence-corrected chi connectivity index (χ0v) is 19.7. The van der Waals surface area contributed by atoms with E-state index in [-0.39, 0.29) is 19.8 Å². The van der Waals surface area contributed by atoms with Crippen molar-refractivity contribution < 1.29 is 29.2 Å². The van der Waals surface area contributed by atoms with Crippen molar-refractivity contribution in [3.8, 4) is 5.75 Å². The first kappa shape index (κ1) is 25.1. The summed E-state index contributed by atoms with van der Waals surface area (Å²) < 4.78 is 23.8. The Morgan fingerprint density at radius 1 is 0.943 bits per heavy atom. The van der Waals surface area contributed by atoms with Gasteiger partial charge in [0.05, 0.1) is 26.4 Å². The molecule has 1 heterocycles. The van der Waals surface area contributed by atoms with Gasteiger partial charge in [0.1, 0.15) is 36.3 Å². The van der Waals surface area contributed by atoms with Crippen LogP contribution in [0.15, 0.2) is 97.6 Å². The smallest absolute Gasteiger partial charge is 0.140 e. The number of hydrogen-bond acceptors (Lipinski definition) is 6. The van der Waals surface area contributed by atoms with E-state index in [0.717, 1.165) is 11.1 Å². The fourth-order valence-electron chi connectivity index (χ4n) is 4.21. The van der Waals surface area contributed by atoms with Crippen LogP contribution in [0.3, 0.4) is 0 Å². The summed E-state index contributed by atoms with van der Waals surface area (Å²) >= 11 is 0. The van der Waals surface area contributed by atoms with Gasteiger partial charge in [-0.05, 0) is 17.2 Å². The van der Waals surface area contributed by atoms with Gasteiger partial charge in [-0.2, -0.15) is 0 Å². The first-order valence-corrected chi connectivity index (χ1v) is 11.7. The minimum Gasteiger partial charge on any atom is -0.489 e. The van der Waals surface area contributed by atoms with Crippen molar-refractivity contribution in [2.45, 2.75) is 37.1 Å². The molecule has 0 aliphatic carbocycles. The van der Waals surface area contributed by atoms with E-state index < -0.39 is 23.9 Å². The summed E-state index contributed by atoms with van der Waals surface area (Å²) in [5.74, 6) is 0.529. The zero-order valence-electron chi connectivity index (χ0n) is 19.7. The second-order valence-corrected chi connectivity index (χ2v) is 8.66. The number of para-hydroxylation sites is 1. The maximum absolute atomic E-state index is 11.6. The Balaban J connectivity index is 1.52. The summed E-state index contributed by atoms with van der Waals surface area (Å²) in [5.41, 5.74) is 1.07. The van der Waals surface area contributed by atoms with Gasteiger partial charge in [-0.15, -0.1) is 0 Å². The Hall–Kier alpha value is -3.00. The molecule has 184 valence electrons. The van der Waals surface area contributed by atoms with Crippen molar-refractivity contribution in [2.75, 3.05) is 19.8 Å². The Kier molecular flexibility index (Phi) is 8.69. The van der Waals surface area contributed by atoms with Crippen LogP contribution in [0, 0.1) is 0 Å². The molecule has 0 saturated carbocycles. The van der Waals surface area contributed by atoms with Gasteiger partial charge in [0.15, 0.2) is 0 Å². The minimum atomic E-state index is -1.44. The Bertz CT molecular complexity index is 1060. The minimum absolute atomic E-state index is 0.000812. The molecule has 4 rings (SSSR count). The van der Waals surface area contributed by atoms with Crippen LogP contribution in [0.1, 0.15) is 22.8 Å². The molecule has 3 aromatic carbocycles.